The fourth-order valence-electron chi connectivity index (χ4n) is 1.70. The summed E-state index contributed by atoms with van der Waals surface area (Å²) in [6.07, 6.45) is 2.74. The Bertz CT molecular complexity index is 306. The lowest BCUT2D eigenvalue weighted by molar-refractivity contribution is 0.205. The van der Waals surface area contributed by atoms with Gasteiger partial charge in [0.25, 0.3) is 0 Å². The van der Waals surface area contributed by atoms with Gasteiger partial charge in [-0.3, -0.25) is 4.90 Å². The molecule has 14 heavy (non-hydrogen) atoms. The van der Waals surface area contributed by atoms with Crippen molar-refractivity contribution in [1.82, 2.24) is 15.1 Å². The highest BCUT2D eigenvalue weighted by Crippen LogP contribution is 2.34. The zero-order valence-corrected chi connectivity index (χ0v) is 9.03. The van der Waals surface area contributed by atoms with Gasteiger partial charge in [-0.15, -0.1) is 10.2 Å². The van der Waals surface area contributed by atoms with Crippen LogP contribution in [0.2, 0.25) is 0 Å². The summed E-state index contributed by atoms with van der Waals surface area (Å²) < 4.78 is 5.34. The van der Waals surface area contributed by atoms with Crippen LogP contribution in [-0.2, 0) is 6.54 Å². The van der Waals surface area contributed by atoms with E-state index in [2.05, 4.69) is 29.1 Å². The van der Waals surface area contributed by atoms with Crippen LogP contribution in [0.3, 0.4) is 0 Å². The van der Waals surface area contributed by atoms with Gasteiger partial charge in [-0.05, 0) is 32.7 Å². The molecule has 4 nitrogen and oxygen atoms in total. The third kappa shape index (κ3) is 2.12. The van der Waals surface area contributed by atoms with Crippen molar-refractivity contribution in [3.63, 3.8) is 0 Å². The second-order valence-electron chi connectivity index (χ2n) is 4.21. The van der Waals surface area contributed by atoms with Crippen molar-refractivity contribution >= 4 is 0 Å². The summed E-state index contributed by atoms with van der Waals surface area (Å²) in [7, 11) is 2.11. The topological polar surface area (TPSA) is 42.2 Å². The highest BCUT2D eigenvalue weighted by molar-refractivity contribution is 4.86. The molecule has 1 fully saturated rings. The molecule has 0 saturated heterocycles. The van der Waals surface area contributed by atoms with Gasteiger partial charge in [-0.2, -0.15) is 0 Å². The first kappa shape index (κ1) is 9.65. The first-order valence-electron chi connectivity index (χ1n) is 5.16. The number of aryl methyl sites for hydroxylation is 1. The average Bonchev–Trinajstić information content (AvgIpc) is 2.91. The molecule has 1 aromatic heterocycles. The lowest BCUT2D eigenvalue weighted by Gasteiger charge is -2.22. The predicted octanol–water partition coefficient (Wildman–Crippen LogP) is 1.61. The number of nitrogens with zero attached hydrogens (tertiary/aromatic N) is 3. The Morgan fingerprint density at radius 2 is 2.21 bits per heavy atom. The Hall–Kier alpha value is -0.900. The Morgan fingerprint density at radius 3 is 2.71 bits per heavy atom. The van der Waals surface area contributed by atoms with Crippen molar-refractivity contribution in [2.24, 2.45) is 5.92 Å². The molecule has 1 aliphatic rings. The molecule has 1 saturated carbocycles. The second kappa shape index (κ2) is 3.69. The van der Waals surface area contributed by atoms with Gasteiger partial charge in [0, 0.05) is 13.0 Å². The molecule has 0 aromatic carbocycles. The average molecular weight is 195 g/mol. The lowest BCUT2D eigenvalue weighted by atomic mass is 10.2. The predicted molar refractivity (Wildman–Crippen MR) is 52.7 cm³/mol. The molecule has 1 aliphatic carbocycles. The van der Waals surface area contributed by atoms with E-state index >= 15 is 0 Å². The van der Waals surface area contributed by atoms with E-state index in [4.69, 9.17) is 4.42 Å². The van der Waals surface area contributed by atoms with Crippen LogP contribution in [0.25, 0.3) is 0 Å². The Morgan fingerprint density at radius 1 is 1.50 bits per heavy atom. The number of hydrogen-bond donors (Lipinski definition) is 0. The molecular formula is C10H17N3O. The number of aromatic nitrogens is 2. The van der Waals surface area contributed by atoms with Crippen molar-refractivity contribution in [2.45, 2.75) is 39.3 Å². The van der Waals surface area contributed by atoms with Crippen molar-refractivity contribution < 1.29 is 4.42 Å². The summed E-state index contributed by atoms with van der Waals surface area (Å²) in [6.45, 7) is 4.85. The van der Waals surface area contributed by atoms with Crippen LogP contribution in [0.15, 0.2) is 4.42 Å². The maximum atomic E-state index is 5.34. The van der Waals surface area contributed by atoms with Gasteiger partial charge in [0.2, 0.25) is 11.8 Å². The van der Waals surface area contributed by atoms with Crippen LogP contribution in [0.5, 0.6) is 0 Å². The van der Waals surface area contributed by atoms with E-state index in [0.29, 0.717) is 11.9 Å². The molecular weight excluding hydrogens is 178 g/mol. The maximum absolute atomic E-state index is 5.34. The summed E-state index contributed by atoms with van der Waals surface area (Å²) in [5.41, 5.74) is 0. The highest BCUT2D eigenvalue weighted by atomic mass is 16.4. The van der Waals surface area contributed by atoms with Gasteiger partial charge in [-0.25, -0.2) is 0 Å². The van der Waals surface area contributed by atoms with Crippen molar-refractivity contribution in [3.8, 4) is 0 Å². The highest BCUT2D eigenvalue weighted by Gasteiger charge is 2.30. The summed E-state index contributed by atoms with van der Waals surface area (Å²) in [5, 5.41) is 7.81. The summed E-state index contributed by atoms with van der Waals surface area (Å²) >= 11 is 0. The molecule has 0 N–H and O–H groups in total. The summed E-state index contributed by atoms with van der Waals surface area (Å²) in [6, 6.07) is 0.627. The smallest absolute Gasteiger partial charge is 0.230 e. The van der Waals surface area contributed by atoms with E-state index in [1.165, 1.54) is 12.8 Å². The summed E-state index contributed by atoms with van der Waals surface area (Å²) in [4.78, 5) is 2.28. The van der Waals surface area contributed by atoms with Gasteiger partial charge in [0.15, 0.2) is 0 Å². The van der Waals surface area contributed by atoms with Crippen LogP contribution in [-0.4, -0.2) is 28.2 Å². The number of hydrogen-bond acceptors (Lipinski definition) is 4. The Kier molecular flexibility index (Phi) is 2.54. The van der Waals surface area contributed by atoms with Gasteiger partial charge >= 0.3 is 0 Å². The maximum Gasteiger partial charge on any atom is 0.230 e. The molecule has 0 bridgehead atoms. The molecule has 78 valence electrons. The van der Waals surface area contributed by atoms with E-state index in [1.54, 1.807) is 0 Å². The van der Waals surface area contributed by atoms with Gasteiger partial charge < -0.3 is 4.42 Å². The van der Waals surface area contributed by atoms with E-state index in [9.17, 15) is 0 Å². The van der Waals surface area contributed by atoms with Crippen LogP contribution in [0.4, 0.5) is 0 Å². The zero-order valence-electron chi connectivity index (χ0n) is 9.03. The van der Waals surface area contributed by atoms with Crippen LogP contribution in [0.1, 0.15) is 31.5 Å². The SMILES string of the molecule is Cc1nnc(CN(C)[C@H](C)C2CC2)o1. The fourth-order valence-corrected chi connectivity index (χ4v) is 1.70. The van der Waals surface area contributed by atoms with Crippen molar-refractivity contribution in [1.29, 1.82) is 0 Å². The molecule has 0 unspecified atom stereocenters. The third-order valence-electron chi connectivity index (χ3n) is 2.95. The van der Waals surface area contributed by atoms with Gasteiger partial charge in [0.1, 0.15) is 0 Å². The molecule has 0 spiro atoms. The molecule has 4 heteroatoms. The van der Waals surface area contributed by atoms with E-state index < -0.39 is 0 Å². The van der Waals surface area contributed by atoms with E-state index in [0.717, 1.165) is 18.4 Å². The van der Waals surface area contributed by atoms with Crippen LogP contribution in [0, 0.1) is 12.8 Å². The fraction of sp³-hybridized carbons (Fsp3) is 0.800. The van der Waals surface area contributed by atoms with E-state index in [1.807, 2.05) is 6.92 Å². The van der Waals surface area contributed by atoms with Gasteiger partial charge in [0.05, 0.1) is 6.54 Å². The largest absolute Gasteiger partial charge is 0.424 e. The molecule has 2 rings (SSSR count). The first-order valence-corrected chi connectivity index (χ1v) is 5.16. The summed E-state index contributed by atoms with van der Waals surface area (Å²) in [5.74, 6) is 2.24. The molecule has 1 heterocycles. The van der Waals surface area contributed by atoms with Crippen molar-refractivity contribution in [3.05, 3.63) is 11.8 Å². The molecule has 0 radical (unpaired) electrons. The monoisotopic (exact) mass is 195 g/mol. The molecule has 0 amide bonds. The molecule has 0 aliphatic heterocycles. The Labute approximate surface area is 84.3 Å². The lowest BCUT2D eigenvalue weighted by Crippen LogP contribution is -2.30. The quantitative estimate of drug-likeness (QED) is 0.732. The standard InChI is InChI=1S/C10H17N3O/c1-7(9-4-5-9)13(3)6-10-12-11-8(2)14-10/h7,9H,4-6H2,1-3H3/t7-/m1/s1. The van der Waals surface area contributed by atoms with Gasteiger partial charge in [-0.1, -0.05) is 0 Å². The second-order valence-corrected chi connectivity index (χ2v) is 4.21. The first-order chi connectivity index (χ1) is 6.66. The molecule has 1 aromatic rings. The van der Waals surface area contributed by atoms with Crippen molar-refractivity contribution in [2.75, 3.05) is 7.05 Å². The number of rotatable bonds is 4. The Balaban J connectivity index is 1.89. The van der Waals surface area contributed by atoms with Crippen LogP contribution >= 0.6 is 0 Å². The van der Waals surface area contributed by atoms with Crippen LogP contribution < -0.4 is 0 Å². The minimum absolute atomic E-state index is 0.627. The minimum atomic E-state index is 0.627. The third-order valence-corrected chi connectivity index (χ3v) is 2.95. The normalized spacial score (nSPS) is 18.9. The zero-order chi connectivity index (χ0) is 10.1. The minimum Gasteiger partial charge on any atom is -0.424 e. The molecule has 1 atom stereocenters. The van der Waals surface area contributed by atoms with E-state index in [-0.39, 0.29) is 0 Å².